The lowest BCUT2D eigenvalue weighted by molar-refractivity contribution is -0.113. The zero-order chi connectivity index (χ0) is 9.61. The number of aldehydes is 1. The van der Waals surface area contributed by atoms with Crippen LogP contribution < -0.4 is 5.73 Å². The molecule has 0 aromatic heterocycles. The number of aliphatic hydroxyl groups is 1. The van der Waals surface area contributed by atoms with Gasteiger partial charge in [0, 0.05) is 0 Å². The van der Waals surface area contributed by atoms with Crippen LogP contribution in [0.4, 0.5) is 0 Å². The SMILES string of the molecule is C=C(C)CCC[C@](N)(C=O)CO. The lowest BCUT2D eigenvalue weighted by atomic mass is 9.95. The van der Waals surface area contributed by atoms with Gasteiger partial charge in [-0.3, -0.25) is 0 Å². The molecule has 0 radical (unpaired) electrons. The highest BCUT2D eigenvalue weighted by Crippen LogP contribution is 2.11. The maximum absolute atomic E-state index is 10.4. The van der Waals surface area contributed by atoms with Gasteiger partial charge < -0.3 is 15.6 Å². The van der Waals surface area contributed by atoms with Crippen LogP contribution in [0.15, 0.2) is 12.2 Å². The molecule has 0 aliphatic carbocycles. The second-order valence-corrected chi connectivity index (χ2v) is 3.32. The van der Waals surface area contributed by atoms with Crippen LogP contribution in [0.3, 0.4) is 0 Å². The van der Waals surface area contributed by atoms with Gasteiger partial charge in [0.05, 0.1) is 12.1 Å². The molecule has 0 aliphatic rings. The number of carbonyl (C=O) groups excluding carboxylic acids is 1. The molecule has 0 aromatic carbocycles. The summed E-state index contributed by atoms with van der Waals surface area (Å²) in [7, 11) is 0. The van der Waals surface area contributed by atoms with E-state index in [9.17, 15) is 4.79 Å². The average Bonchev–Trinajstić information content (AvgIpc) is 2.03. The maximum Gasteiger partial charge on any atom is 0.142 e. The van der Waals surface area contributed by atoms with Crippen LogP contribution in [0.1, 0.15) is 26.2 Å². The van der Waals surface area contributed by atoms with Crippen LogP contribution in [-0.4, -0.2) is 23.5 Å². The van der Waals surface area contributed by atoms with Gasteiger partial charge in [-0.15, -0.1) is 6.58 Å². The Hall–Kier alpha value is -0.670. The quantitative estimate of drug-likeness (QED) is 0.455. The highest BCUT2D eigenvalue weighted by molar-refractivity contribution is 5.63. The molecule has 0 spiro atoms. The van der Waals surface area contributed by atoms with Crippen molar-refractivity contribution in [2.24, 2.45) is 5.73 Å². The molecular weight excluding hydrogens is 154 g/mol. The predicted molar refractivity (Wildman–Crippen MR) is 48.7 cm³/mol. The fraction of sp³-hybridized carbons (Fsp3) is 0.667. The van der Waals surface area contributed by atoms with E-state index in [2.05, 4.69) is 6.58 Å². The summed E-state index contributed by atoms with van der Waals surface area (Å²) in [6.07, 6.45) is 2.78. The first-order chi connectivity index (χ1) is 5.54. The molecule has 0 saturated carbocycles. The number of aliphatic hydroxyl groups excluding tert-OH is 1. The largest absolute Gasteiger partial charge is 0.394 e. The summed E-state index contributed by atoms with van der Waals surface area (Å²) < 4.78 is 0. The lowest BCUT2D eigenvalue weighted by Gasteiger charge is -2.19. The molecule has 70 valence electrons. The van der Waals surface area contributed by atoms with E-state index in [1.165, 1.54) is 0 Å². The van der Waals surface area contributed by atoms with Crippen LogP contribution in [0.5, 0.6) is 0 Å². The van der Waals surface area contributed by atoms with E-state index in [0.717, 1.165) is 18.4 Å². The molecule has 0 heterocycles. The van der Waals surface area contributed by atoms with Crippen molar-refractivity contribution in [1.82, 2.24) is 0 Å². The van der Waals surface area contributed by atoms with Gasteiger partial charge in [0.1, 0.15) is 6.29 Å². The van der Waals surface area contributed by atoms with Crippen molar-refractivity contribution in [2.75, 3.05) is 6.61 Å². The van der Waals surface area contributed by atoms with Crippen molar-refractivity contribution in [3.05, 3.63) is 12.2 Å². The Balaban J connectivity index is 3.73. The molecule has 0 aliphatic heterocycles. The Bertz CT molecular complexity index is 168. The Morgan fingerprint density at radius 1 is 1.75 bits per heavy atom. The molecule has 0 fully saturated rings. The van der Waals surface area contributed by atoms with E-state index >= 15 is 0 Å². The number of rotatable bonds is 6. The molecule has 3 nitrogen and oxygen atoms in total. The van der Waals surface area contributed by atoms with Gasteiger partial charge in [-0.1, -0.05) is 5.57 Å². The summed E-state index contributed by atoms with van der Waals surface area (Å²) in [5.41, 5.74) is 5.56. The first-order valence-electron chi connectivity index (χ1n) is 4.04. The molecule has 1 atom stereocenters. The highest BCUT2D eigenvalue weighted by atomic mass is 16.3. The molecule has 0 bridgehead atoms. The summed E-state index contributed by atoms with van der Waals surface area (Å²) in [5, 5.41) is 8.77. The summed E-state index contributed by atoms with van der Waals surface area (Å²) in [6.45, 7) is 5.38. The predicted octanol–water partition coefficient (Wildman–Crippen LogP) is 0.621. The molecule has 0 saturated heterocycles. The molecular formula is C9H17NO2. The van der Waals surface area contributed by atoms with E-state index in [1.807, 2.05) is 6.92 Å². The van der Waals surface area contributed by atoms with Gasteiger partial charge in [0.2, 0.25) is 0 Å². The van der Waals surface area contributed by atoms with Crippen molar-refractivity contribution in [3.63, 3.8) is 0 Å². The fourth-order valence-corrected chi connectivity index (χ4v) is 0.895. The van der Waals surface area contributed by atoms with E-state index in [-0.39, 0.29) is 6.61 Å². The molecule has 0 unspecified atom stereocenters. The van der Waals surface area contributed by atoms with E-state index < -0.39 is 5.54 Å². The molecule has 3 N–H and O–H groups in total. The van der Waals surface area contributed by atoms with Gasteiger partial charge in [-0.25, -0.2) is 0 Å². The van der Waals surface area contributed by atoms with Crippen LogP contribution in [0.25, 0.3) is 0 Å². The van der Waals surface area contributed by atoms with E-state index in [4.69, 9.17) is 10.8 Å². The van der Waals surface area contributed by atoms with Crippen LogP contribution in [-0.2, 0) is 4.79 Å². The van der Waals surface area contributed by atoms with Gasteiger partial charge in [-0.05, 0) is 26.2 Å². The Morgan fingerprint density at radius 2 is 2.33 bits per heavy atom. The van der Waals surface area contributed by atoms with Crippen LogP contribution >= 0.6 is 0 Å². The highest BCUT2D eigenvalue weighted by Gasteiger charge is 2.21. The van der Waals surface area contributed by atoms with Crippen LogP contribution in [0, 0.1) is 0 Å². The van der Waals surface area contributed by atoms with Crippen molar-refractivity contribution >= 4 is 6.29 Å². The number of hydrogen-bond donors (Lipinski definition) is 2. The van der Waals surface area contributed by atoms with Crippen LogP contribution in [0.2, 0.25) is 0 Å². The van der Waals surface area contributed by atoms with Gasteiger partial charge in [-0.2, -0.15) is 0 Å². The van der Waals surface area contributed by atoms with Gasteiger partial charge in [0.25, 0.3) is 0 Å². The van der Waals surface area contributed by atoms with Crippen molar-refractivity contribution in [2.45, 2.75) is 31.7 Å². The van der Waals surface area contributed by atoms with Gasteiger partial charge >= 0.3 is 0 Å². The number of carbonyl (C=O) groups is 1. The normalized spacial score (nSPS) is 15.2. The van der Waals surface area contributed by atoms with Crippen molar-refractivity contribution in [3.8, 4) is 0 Å². The summed E-state index contributed by atoms with van der Waals surface area (Å²) in [4.78, 5) is 10.4. The third-order valence-corrected chi connectivity index (χ3v) is 1.77. The second-order valence-electron chi connectivity index (χ2n) is 3.32. The maximum atomic E-state index is 10.4. The smallest absolute Gasteiger partial charge is 0.142 e. The monoisotopic (exact) mass is 171 g/mol. The molecule has 0 rings (SSSR count). The standard InChI is InChI=1S/C9H17NO2/c1-8(2)4-3-5-9(10,6-11)7-12/h6,12H,1,3-5,7,10H2,2H3/t9-/m0/s1. The zero-order valence-corrected chi connectivity index (χ0v) is 7.55. The molecule has 0 amide bonds. The first-order valence-corrected chi connectivity index (χ1v) is 4.04. The molecule has 12 heavy (non-hydrogen) atoms. The second kappa shape index (κ2) is 5.06. The number of allylic oxidation sites excluding steroid dienone is 1. The summed E-state index contributed by atoms with van der Waals surface area (Å²) >= 11 is 0. The first kappa shape index (κ1) is 11.3. The third kappa shape index (κ3) is 4.26. The minimum Gasteiger partial charge on any atom is -0.394 e. The number of nitrogens with two attached hydrogens (primary N) is 1. The summed E-state index contributed by atoms with van der Waals surface area (Å²) in [6, 6.07) is 0. The van der Waals surface area contributed by atoms with Gasteiger partial charge in [0.15, 0.2) is 0 Å². The Labute approximate surface area is 73.3 Å². The minimum atomic E-state index is -1.05. The van der Waals surface area contributed by atoms with E-state index in [0.29, 0.717) is 12.7 Å². The zero-order valence-electron chi connectivity index (χ0n) is 7.55. The fourth-order valence-electron chi connectivity index (χ4n) is 0.895. The average molecular weight is 171 g/mol. The Morgan fingerprint density at radius 3 is 2.67 bits per heavy atom. The number of hydrogen-bond acceptors (Lipinski definition) is 3. The minimum absolute atomic E-state index is 0.285. The lowest BCUT2D eigenvalue weighted by Crippen LogP contribution is -2.45. The Kier molecular flexibility index (Phi) is 4.78. The molecule has 0 aromatic rings. The van der Waals surface area contributed by atoms with Crippen molar-refractivity contribution in [1.29, 1.82) is 0 Å². The van der Waals surface area contributed by atoms with E-state index in [1.54, 1.807) is 0 Å². The molecule has 3 heteroatoms. The van der Waals surface area contributed by atoms with Crippen molar-refractivity contribution < 1.29 is 9.90 Å². The third-order valence-electron chi connectivity index (χ3n) is 1.77. The summed E-state index contributed by atoms with van der Waals surface area (Å²) in [5.74, 6) is 0. The topological polar surface area (TPSA) is 63.3 Å².